The molecule has 1 amide bonds. The van der Waals surface area contributed by atoms with E-state index in [2.05, 4.69) is 35.1 Å². The van der Waals surface area contributed by atoms with Gasteiger partial charge in [0.15, 0.2) is 11.5 Å². The van der Waals surface area contributed by atoms with Gasteiger partial charge in [-0.3, -0.25) is 10.3 Å². The summed E-state index contributed by atoms with van der Waals surface area (Å²) < 4.78 is 16.5. The van der Waals surface area contributed by atoms with Crippen molar-refractivity contribution in [2.45, 2.75) is 38.7 Å². The molecule has 8 heteroatoms. The number of aromatic nitrogens is 1. The first kappa shape index (κ1) is 24.1. The van der Waals surface area contributed by atoms with E-state index in [-0.39, 0.29) is 6.10 Å². The van der Waals surface area contributed by atoms with Crippen LogP contribution in [-0.4, -0.2) is 44.5 Å². The lowest BCUT2D eigenvalue weighted by molar-refractivity contribution is 0.0951. The molecule has 182 valence electrons. The lowest BCUT2D eigenvalue weighted by Crippen LogP contribution is -2.39. The van der Waals surface area contributed by atoms with Gasteiger partial charge in [-0.05, 0) is 29.7 Å². The van der Waals surface area contributed by atoms with Gasteiger partial charge in [-0.1, -0.05) is 26.0 Å². The lowest BCUT2D eigenvalue weighted by atomic mass is 10.0. The maximum atomic E-state index is 12.4. The van der Waals surface area contributed by atoms with Crippen LogP contribution >= 0.6 is 0 Å². The molecule has 1 N–H and O–H groups in total. The van der Waals surface area contributed by atoms with Gasteiger partial charge in [-0.15, -0.1) is 0 Å². The molecular weight excluding hydrogens is 444 g/mol. The molecular formula is C27H30N4O4. The Bertz CT molecular complexity index is 1240. The van der Waals surface area contributed by atoms with Crippen LogP contribution in [0.3, 0.4) is 0 Å². The van der Waals surface area contributed by atoms with E-state index in [1.807, 2.05) is 36.4 Å². The summed E-state index contributed by atoms with van der Waals surface area (Å²) >= 11 is 0. The number of rotatable bonds is 6. The second-order valence-corrected chi connectivity index (χ2v) is 8.85. The van der Waals surface area contributed by atoms with Crippen molar-refractivity contribution in [3.8, 4) is 17.6 Å². The molecule has 35 heavy (non-hydrogen) atoms. The van der Waals surface area contributed by atoms with E-state index in [9.17, 15) is 10.1 Å². The van der Waals surface area contributed by atoms with E-state index >= 15 is 0 Å². The largest absolute Gasteiger partial charge is 0.493 e. The number of carbonyl (C=O) groups is 1. The van der Waals surface area contributed by atoms with Crippen molar-refractivity contribution in [3.05, 3.63) is 53.7 Å². The SMILES string of the molecule is COc1cc2ncc(C#N)c(N3CCC(OC(=O)Nc4ccc(C(C)C)cc4)CC3)c2cc1OC. The van der Waals surface area contributed by atoms with Crippen molar-refractivity contribution in [3.63, 3.8) is 0 Å². The molecule has 2 heterocycles. The number of methoxy groups -OCH3 is 2. The molecule has 4 rings (SSSR count). The summed E-state index contributed by atoms with van der Waals surface area (Å²) in [6.45, 7) is 5.54. The van der Waals surface area contributed by atoms with Gasteiger partial charge in [0.05, 0.1) is 31.0 Å². The highest BCUT2D eigenvalue weighted by molar-refractivity contribution is 5.96. The van der Waals surface area contributed by atoms with Crippen molar-refractivity contribution < 1.29 is 19.0 Å². The minimum atomic E-state index is -0.454. The zero-order valence-corrected chi connectivity index (χ0v) is 20.5. The number of nitriles is 1. The summed E-state index contributed by atoms with van der Waals surface area (Å²) in [5, 5.41) is 13.4. The molecule has 3 aromatic rings. The Morgan fingerprint density at radius 1 is 1.11 bits per heavy atom. The van der Waals surface area contributed by atoms with E-state index in [1.165, 1.54) is 5.56 Å². The predicted molar refractivity (Wildman–Crippen MR) is 135 cm³/mol. The number of carbonyl (C=O) groups excluding carboxylic acids is 1. The molecule has 0 atom stereocenters. The molecule has 2 aromatic carbocycles. The maximum absolute atomic E-state index is 12.4. The van der Waals surface area contributed by atoms with Gasteiger partial charge in [-0.2, -0.15) is 5.26 Å². The van der Waals surface area contributed by atoms with Gasteiger partial charge < -0.3 is 19.1 Å². The number of pyridine rings is 1. The minimum Gasteiger partial charge on any atom is -0.493 e. The van der Waals surface area contributed by atoms with Crippen LogP contribution in [0.25, 0.3) is 10.9 Å². The molecule has 0 saturated carbocycles. The molecule has 0 spiro atoms. The topological polar surface area (TPSA) is 96.7 Å². The number of nitrogens with zero attached hydrogens (tertiary/aromatic N) is 3. The van der Waals surface area contributed by atoms with Gasteiger partial charge >= 0.3 is 6.09 Å². The molecule has 0 unspecified atom stereocenters. The van der Waals surface area contributed by atoms with E-state index in [0.717, 1.165) is 16.6 Å². The summed E-state index contributed by atoms with van der Waals surface area (Å²) in [5.74, 6) is 1.60. The number of ether oxygens (including phenoxy) is 3. The minimum absolute atomic E-state index is 0.200. The zero-order chi connectivity index (χ0) is 24.9. The molecule has 0 aliphatic carbocycles. The first-order chi connectivity index (χ1) is 16.9. The summed E-state index contributed by atoms with van der Waals surface area (Å²) in [6, 6.07) is 13.7. The molecule has 1 saturated heterocycles. The summed E-state index contributed by atoms with van der Waals surface area (Å²) in [6.07, 6.45) is 2.24. The van der Waals surface area contributed by atoms with Crippen molar-refractivity contribution in [2.24, 2.45) is 0 Å². The van der Waals surface area contributed by atoms with Crippen LogP contribution in [0.5, 0.6) is 11.5 Å². The Labute approximate surface area is 205 Å². The Morgan fingerprint density at radius 3 is 2.37 bits per heavy atom. The number of nitrogens with one attached hydrogen (secondary N) is 1. The summed E-state index contributed by atoms with van der Waals surface area (Å²) in [4.78, 5) is 19.0. The van der Waals surface area contributed by atoms with Crippen LogP contribution in [-0.2, 0) is 4.74 Å². The third-order valence-electron chi connectivity index (χ3n) is 6.32. The van der Waals surface area contributed by atoms with Crippen LogP contribution in [0.15, 0.2) is 42.6 Å². The number of amides is 1. The van der Waals surface area contributed by atoms with Crippen molar-refractivity contribution >= 4 is 28.4 Å². The number of fused-ring (bicyclic) bond motifs is 1. The van der Waals surface area contributed by atoms with E-state index < -0.39 is 6.09 Å². The van der Waals surface area contributed by atoms with Gasteiger partial charge in [0.25, 0.3) is 0 Å². The molecule has 1 aliphatic heterocycles. The molecule has 0 bridgehead atoms. The first-order valence-corrected chi connectivity index (χ1v) is 11.7. The smallest absolute Gasteiger partial charge is 0.411 e. The fraction of sp³-hybridized carbons (Fsp3) is 0.370. The van der Waals surface area contributed by atoms with Gasteiger partial charge in [0, 0.05) is 49.3 Å². The third kappa shape index (κ3) is 5.24. The maximum Gasteiger partial charge on any atom is 0.411 e. The Hall–Kier alpha value is -3.99. The highest BCUT2D eigenvalue weighted by Gasteiger charge is 2.26. The second-order valence-electron chi connectivity index (χ2n) is 8.85. The molecule has 0 radical (unpaired) electrons. The average Bonchev–Trinajstić information content (AvgIpc) is 2.87. The standard InChI is InChI=1S/C27H30N4O4/c1-17(2)18-5-7-20(8-6-18)30-27(32)35-21-9-11-31(12-10-21)26-19(15-28)16-29-23-14-25(34-4)24(33-3)13-22(23)26/h5-8,13-14,16-17,21H,9-12H2,1-4H3,(H,30,32). The normalized spacial score (nSPS) is 14.0. The van der Waals surface area contributed by atoms with Crippen LogP contribution in [0.1, 0.15) is 43.7 Å². The highest BCUT2D eigenvalue weighted by atomic mass is 16.6. The second kappa shape index (κ2) is 10.5. The highest BCUT2D eigenvalue weighted by Crippen LogP contribution is 2.38. The molecule has 1 aliphatic rings. The van der Waals surface area contributed by atoms with Crippen LogP contribution < -0.4 is 19.7 Å². The van der Waals surface area contributed by atoms with Crippen LogP contribution in [0.4, 0.5) is 16.2 Å². The summed E-state index contributed by atoms with van der Waals surface area (Å²) in [7, 11) is 3.16. The fourth-order valence-corrected chi connectivity index (χ4v) is 4.37. The number of piperidine rings is 1. The van der Waals surface area contributed by atoms with Gasteiger partial charge in [0.1, 0.15) is 12.2 Å². The van der Waals surface area contributed by atoms with Crippen molar-refractivity contribution in [2.75, 3.05) is 37.5 Å². The average molecular weight is 475 g/mol. The van der Waals surface area contributed by atoms with Gasteiger partial charge in [0.2, 0.25) is 0 Å². The Kier molecular flexibility index (Phi) is 7.25. The van der Waals surface area contributed by atoms with Crippen LogP contribution in [0.2, 0.25) is 0 Å². The van der Waals surface area contributed by atoms with Crippen molar-refractivity contribution in [1.29, 1.82) is 5.26 Å². The zero-order valence-electron chi connectivity index (χ0n) is 20.5. The van der Waals surface area contributed by atoms with E-state index in [0.29, 0.717) is 54.6 Å². The van der Waals surface area contributed by atoms with E-state index in [1.54, 1.807) is 20.4 Å². The third-order valence-corrected chi connectivity index (χ3v) is 6.32. The molecule has 8 nitrogen and oxygen atoms in total. The van der Waals surface area contributed by atoms with Crippen molar-refractivity contribution in [1.82, 2.24) is 4.98 Å². The Morgan fingerprint density at radius 2 is 1.77 bits per heavy atom. The number of benzene rings is 2. The van der Waals surface area contributed by atoms with Gasteiger partial charge in [-0.25, -0.2) is 4.79 Å². The number of hydrogen-bond acceptors (Lipinski definition) is 7. The Balaban J connectivity index is 1.45. The summed E-state index contributed by atoms with van der Waals surface area (Å²) in [5.41, 5.74) is 3.95. The quantitative estimate of drug-likeness (QED) is 0.506. The fourth-order valence-electron chi connectivity index (χ4n) is 4.37. The monoisotopic (exact) mass is 474 g/mol. The molecule has 1 fully saturated rings. The first-order valence-electron chi connectivity index (χ1n) is 11.7. The van der Waals surface area contributed by atoms with Crippen LogP contribution in [0, 0.1) is 11.3 Å². The lowest BCUT2D eigenvalue weighted by Gasteiger charge is -2.34. The predicted octanol–water partition coefficient (Wildman–Crippen LogP) is 5.46. The van der Waals surface area contributed by atoms with E-state index in [4.69, 9.17) is 14.2 Å². The number of anilines is 2. The molecule has 1 aromatic heterocycles. The number of hydrogen-bond donors (Lipinski definition) is 1.